The number of carbonyl (C=O) groups excluding carboxylic acids is 2. The number of amides is 2. The first-order valence-electron chi connectivity index (χ1n) is 9.80. The topological polar surface area (TPSA) is 67.7 Å². The van der Waals surface area contributed by atoms with Crippen LogP contribution in [0.2, 0.25) is 0 Å². The number of benzene rings is 1. The molecule has 2 heterocycles. The number of aromatic nitrogens is 2. The Morgan fingerprint density at radius 3 is 2.43 bits per heavy atom. The SMILES string of the molecule is CCOc1ccc(C(=O)N(C)CCCN(C)C(=O)c2cc3n(n2)CCC3)cc1. The molecular formula is C21H28N4O3. The highest BCUT2D eigenvalue weighted by Crippen LogP contribution is 2.16. The van der Waals surface area contributed by atoms with Crippen LogP contribution < -0.4 is 4.74 Å². The molecule has 150 valence electrons. The Morgan fingerprint density at radius 1 is 1.11 bits per heavy atom. The lowest BCUT2D eigenvalue weighted by Crippen LogP contribution is -2.33. The van der Waals surface area contributed by atoms with E-state index >= 15 is 0 Å². The average Bonchev–Trinajstić information content (AvgIpc) is 3.29. The van der Waals surface area contributed by atoms with E-state index in [0.717, 1.165) is 30.8 Å². The van der Waals surface area contributed by atoms with Gasteiger partial charge in [0, 0.05) is 45.0 Å². The fourth-order valence-electron chi connectivity index (χ4n) is 3.39. The fourth-order valence-corrected chi connectivity index (χ4v) is 3.39. The monoisotopic (exact) mass is 384 g/mol. The summed E-state index contributed by atoms with van der Waals surface area (Å²) in [5.41, 5.74) is 2.27. The first-order valence-corrected chi connectivity index (χ1v) is 9.80. The van der Waals surface area contributed by atoms with Gasteiger partial charge in [0.05, 0.1) is 6.61 Å². The molecule has 0 fully saturated rings. The van der Waals surface area contributed by atoms with E-state index in [1.165, 1.54) is 0 Å². The van der Waals surface area contributed by atoms with Crippen LogP contribution in [0.25, 0.3) is 0 Å². The molecule has 0 radical (unpaired) electrons. The summed E-state index contributed by atoms with van der Waals surface area (Å²) in [6.07, 6.45) is 2.79. The van der Waals surface area contributed by atoms with Gasteiger partial charge in [0.15, 0.2) is 5.69 Å². The Balaban J connectivity index is 1.46. The number of hydrogen-bond donors (Lipinski definition) is 0. The minimum Gasteiger partial charge on any atom is -0.494 e. The van der Waals surface area contributed by atoms with E-state index in [1.807, 2.05) is 17.7 Å². The Bertz CT molecular complexity index is 807. The van der Waals surface area contributed by atoms with Crippen LogP contribution in [0.1, 0.15) is 46.3 Å². The van der Waals surface area contributed by atoms with Crippen molar-refractivity contribution in [3.63, 3.8) is 0 Å². The number of aryl methyl sites for hydroxylation is 2. The van der Waals surface area contributed by atoms with Crippen molar-refractivity contribution in [1.29, 1.82) is 0 Å². The molecule has 0 aliphatic carbocycles. The molecular weight excluding hydrogens is 356 g/mol. The molecule has 2 amide bonds. The van der Waals surface area contributed by atoms with E-state index < -0.39 is 0 Å². The maximum Gasteiger partial charge on any atom is 0.274 e. The predicted octanol–water partition coefficient (Wildman–Crippen LogP) is 2.46. The van der Waals surface area contributed by atoms with E-state index in [9.17, 15) is 9.59 Å². The van der Waals surface area contributed by atoms with E-state index in [-0.39, 0.29) is 11.8 Å². The summed E-state index contributed by atoms with van der Waals surface area (Å²) in [4.78, 5) is 28.4. The molecule has 28 heavy (non-hydrogen) atoms. The van der Waals surface area contributed by atoms with Crippen LogP contribution >= 0.6 is 0 Å². The fraction of sp³-hybridized carbons (Fsp3) is 0.476. The van der Waals surface area contributed by atoms with Gasteiger partial charge in [-0.3, -0.25) is 14.3 Å². The van der Waals surface area contributed by atoms with Crippen LogP contribution in [0.3, 0.4) is 0 Å². The number of fused-ring (bicyclic) bond motifs is 1. The zero-order chi connectivity index (χ0) is 20.1. The lowest BCUT2D eigenvalue weighted by molar-refractivity contribution is 0.0761. The molecule has 0 N–H and O–H groups in total. The highest BCUT2D eigenvalue weighted by atomic mass is 16.5. The molecule has 7 heteroatoms. The van der Waals surface area contributed by atoms with Gasteiger partial charge in [0.1, 0.15) is 5.75 Å². The Hall–Kier alpha value is -2.83. The maximum absolute atomic E-state index is 12.5. The van der Waals surface area contributed by atoms with Crippen molar-refractivity contribution in [1.82, 2.24) is 19.6 Å². The molecule has 0 spiro atoms. The number of nitrogens with zero attached hydrogens (tertiary/aromatic N) is 4. The summed E-state index contributed by atoms with van der Waals surface area (Å²) in [6.45, 7) is 4.56. The molecule has 0 unspecified atom stereocenters. The van der Waals surface area contributed by atoms with Crippen molar-refractivity contribution in [2.75, 3.05) is 33.8 Å². The number of ether oxygens (including phenoxy) is 1. The van der Waals surface area contributed by atoms with Crippen molar-refractivity contribution in [2.45, 2.75) is 32.7 Å². The van der Waals surface area contributed by atoms with E-state index in [0.29, 0.717) is 37.4 Å². The first-order chi connectivity index (χ1) is 13.5. The lowest BCUT2D eigenvalue weighted by Gasteiger charge is -2.20. The van der Waals surface area contributed by atoms with Crippen molar-refractivity contribution < 1.29 is 14.3 Å². The third-order valence-electron chi connectivity index (χ3n) is 4.98. The lowest BCUT2D eigenvalue weighted by atomic mass is 10.2. The van der Waals surface area contributed by atoms with E-state index in [1.54, 1.807) is 48.2 Å². The van der Waals surface area contributed by atoms with Crippen LogP contribution in [-0.4, -0.2) is 65.2 Å². The quantitative estimate of drug-likeness (QED) is 0.701. The molecule has 0 atom stereocenters. The normalized spacial score (nSPS) is 12.5. The minimum absolute atomic E-state index is 0.0393. The third-order valence-corrected chi connectivity index (χ3v) is 4.98. The van der Waals surface area contributed by atoms with Gasteiger partial charge in [0.25, 0.3) is 11.8 Å². The smallest absolute Gasteiger partial charge is 0.274 e. The number of rotatable bonds is 8. The summed E-state index contributed by atoms with van der Waals surface area (Å²) in [5.74, 6) is 0.650. The molecule has 1 aliphatic heterocycles. The molecule has 7 nitrogen and oxygen atoms in total. The maximum atomic E-state index is 12.5. The Morgan fingerprint density at radius 2 is 1.79 bits per heavy atom. The van der Waals surface area contributed by atoms with Gasteiger partial charge in [-0.25, -0.2) is 0 Å². The third kappa shape index (κ3) is 4.52. The molecule has 3 rings (SSSR count). The highest BCUT2D eigenvalue weighted by Gasteiger charge is 2.20. The van der Waals surface area contributed by atoms with Gasteiger partial charge < -0.3 is 14.5 Å². The van der Waals surface area contributed by atoms with Crippen molar-refractivity contribution in [3.05, 3.63) is 47.3 Å². The van der Waals surface area contributed by atoms with Crippen LogP contribution in [0, 0.1) is 0 Å². The van der Waals surface area contributed by atoms with Crippen LogP contribution in [0.15, 0.2) is 30.3 Å². The van der Waals surface area contributed by atoms with E-state index in [4.69, 9.17) is 4.74 Å². The van der Waals surface area contributed by atoms with Crippen molar-refractivity contribution in [3.8, 4) is 5.75 Å². The van der Waals surface area contributed by atoms with E-state index in [2.05, 4.69) is 5.10 Å². The van der Waals surface area contributed by atoms with Crippen molar-refractivity contribution in [2.24, 2.45) is 0 Å². The largest absolute Gasteiger partial charge is 0.494 e. The Kier molecular flexibility index (Phi) is 6.34. The number of carbonyl (C=O) groups is 2. The summed E-state index contributed by atoms with van der Waals surface area (Å²) in [6, 6.07) is 9.06. The highest BCUT2D eigenvalue weighted by molar-refractivity contribution is 5.94. The predicted molar refractivity (Wildman–Crippen MR) is 107 cm³/mol. The molecule has 2 aromatic rings. The zero-order valence-corrected chi connectivity index (χ0v) is 16.9. The minimum atomic E-state index is -0.0672. The van der Waals surface area contributed by atoms with Gasteiger partial charge in [-0.1, -0.05) is 0 Å². The molecule has 0 bridgehead atoms. The standard InChI is InChI=1S/C21H28N4O3/c1-4-28-18-10-8-16(9-11-18)20(26)23(2)12-6-13-24(3)21(27)19-15-17-7-5-14-25(17)22-19/h8-11,15H,4-7,12-14H2,1-3H3. The summed E-state index contributed by atoms with van der Waals surface area (Å²) < 4.78 is 7.32. The first kappa shape index (κ1) is 19.9. The second-order valence-corrected chi connectivity index (χ2v) is 7.11. The zero-order valence-electron chi connectivity index (χ0n) is 16.9. The van der Waals surface area contributed by atoms with Gasteiger partial charge in [-0.15, -0.1) is 0 Å². The second kappa shape index (κ2) is 8.91. The summed E-state index contributed by atoms with van der Waals surface area (Å²) >= 11 is 0. The van der Waals surface area contributed by atoms with Gasteiger partial charge >= 0.3 is 0 Å². The molecule has 0 saturated carbocycles. The molecule has 1 aromatic carbocycles. The van der Waals surface area contributed by atoms with Gasteiger partial charge in [-0.05, 0) is 56.5 Å². The van der Waals surface area contributed by atoms with Crippen LogP contribution in [0.5, 0.6) is 5.75 Å². The average molecular weight is 384 g/mol. The molecule has 1 aromatic heterocycles. The van der Waals surface area contributed by atoms with Gasteiger partial charge in [0.2, 0.25) is 0 Å². The van der Waals surface area contributed by atoms with Gasteiger partial charge in [-0.2, -0.15) is 5.10 Å². The molecule has 0 saturated heterocycles. The summed E-state index contributed by atoms with van der Waals surface area (Å²) in [7, 11) is 3.56. The Labute approximate surface area is 165 Å². The van der Waals surface area contributed by atoms with Crippen LogP contribution in [-0.2, 0) is 13.0 Å². The van der Waals surface area contributed by atoms with Crippen molar-refractivity contribution >= 4 is 11.8 Å². The number of hydrogen-bond acceptors (Lipinski definition) is 4. The second-order valence-electron chi connectivity index (χ2n) is 7.11. The van der Waals surface area contributed by atoms with Crippen LogP contribution in [0.4, 0.5) is 0 Å². The summed E-state index contributed by atoms with van der Waals surface area (Å²) in [5, 5.41) is 4.39. The molecule has 1 aliphatic rings.